The molecule has 1 rings (SSSR count). The highest BCUT2D eigenvalue weighted by molar-refractivity contribution is 9.11. The van der Waals surface area contributed by atoms with Crippen molar-refractivity contribution in [3.8, 4) is 0 Å². The fourth-order valence-electron chi connectivity index (χ4n) is 2.87. The monoisotopic (exact) mass is 377 g/mol. The summed E-state index contributed by atoms with van der Waals surface area (Å²) >= 11 is 3.54. The maximum atomic E-state index is 10.5. The van der Waals surface area contributed by atoms with Crippen molar-refractivity contribution in [2.75, 3.05) is 0 Å². The lowest BCUT2D eigenvalue weighted by molar-refractivity contribution is -0.297. The molecule has 0 aromatic heterocycles. The lowest BCUT2D eigenvalue weighted by Crippen LogP contribution is -2.19. The molecule has 0 radical (unpaired) electrons. The summed E-state index contributed by atoms with van der Waals surface area (Å²) in [6, 6.07) is 0. The molecule has 0 saturated carbocycles. The molecule has 0 aromatic carbocycles. The fraction of sp³-hybridized carbons (Fsp3) is 0.450. The first-order chi connectivity index (χ1) is 10.6. The van der Waals surface area contributed by atoms with Gasteiger partial charge in [0.15, 0.2) is 0 Å². The van der Waals surface area contributed by atoms with Crippen LogP contribution < -0.4 is 5.11 Å². The van der Waals surface area contributed by atoms with Gasteiger partial charge in [0.1, 0.15) is 0 Å². The molecule has 0 spiro atoms. The van der Waals surface area contributed by atoms with Crippen molar-refractivity contribution in [1.82, 2.24) is 0 Å². The van der Waals surface area contributed by atoms with Crippen LogP contribution in [0.1, 0.15) is 53.9 Å². The van der Waals surface area contributed by atoms with E-state index in [1.807, 2.05) is 13.0 Å². The number of carboxylic acids is 1. The van der Waals surface area contributed by atoms with Crippen LogP contribution in [0.15, 0.2) is 57.2 Å². The Balaban J connectivity index is 2.94. The quantitative estimate of drug-likeness (QED) is 0.499. The first-order valence-electron chi connectivity index (χ1n) is 7.95. The molecule has 3 heteroatoms. The SMILES string of the molecule is CC1=C(/C=C/C(C)=C(Br)\C=C\C(C)=C\C(=O)[O-])C(C)(C)CCC1. The Kier molecular flexibility index (Phi) is 7.27. The maximum absolute atomic E-state index is 10.5. The zero-order valence-electron chi connectivity index (χ0n) is 14.7. The van der Waals surface area contributed by atoms with Gasteiger partial charge in [-0.05, 0) is 74.3 Å². The number of carbonyl (C=O) groups is 1. The van der Waals surface area contributed by atoms with Crippen LogP contribution in [0.4, 0.5) is 0 Å². The van der Waals surface area contributed by atoms with E-state index in [1.54, 1.807) is 13.0 Å². The largest absolute Gasteiger partial charge is 0.545 e. The Morgan fingerprint density at radius 1 is 1.22 bits per heavy atom. The third-order valence-electron chi connectivity index (χ3n) is 4.26. The number of hydrogen-bond donors (Lipinski definition) is 0. The van der Waals surface area contributed by atoms with Gasteiger partial charge in [0.05, 0.1) is 5.97 Å². The predicted octanol–water partition coefficient (Wildman–Crippen LogP) is 4.99. The average Bonchev–Trinajstić information content (AvgIpc) is 2.42. The van der Waals surface area contributed by atoms with Crippen LogP contribution in [0, 0.1) is 5.41 Å². The molecular formula is C20H26BrO2-. The van der Waals surface area contributed by atoms with Crippen molar-refractivity contribution in [3.63, 3.8) is 0 Å². The van der Waals surface area contributed by atoms with Crippen molar-refractivity contribution in [2.24, 2.45) is 5.41 Å². The topological polar surface area (TPSA) is 40.1 Å². The number of allylic oxidation sites excluding steroid dienone is 9. The van der Waals surface area contributed by atoms with E-state index in [4.69, 9.17) is 0 Å². The van der Waals surface area contributed by atoms with Crippen LogP contribution in [0.5, 0.6) is 0 Å². The van der Waals surface area contributed by atoms with E-state index in [0.717, 1.165) is 16.1 Å². The zero-order valence-corrected chi connectivity index (χ0v) is 16.3. The molecule has 0 bridgehead atoms. The van der Waals surface area contributed by atoms with E-state index in [-0.39, 0.29) is 5.41 Å². The van der Waals surface area contributed by atoms with Gasteiger partial charge in [-0.2, -0.15) is 0 Å². The molecule has 0 heterocycles. The van der Waals surface area contributed by atoms with Crippen molar-refractivity contribution in [1.29, 1.82) is 0 Å². The number of carboxylic acid groups (broad SMARTS) is 1. The van der Waals surface area contributed by atoms with Gasteiger partial charge in [0.25, 0.3) is 0 Å². The summed E-state index contributed by atoms with van der Waals surface area (Å²) < 4.78 is 0.937. The standard InChI is InChI=1S/C20H27BrO2/c1-14(13-19(22)23)8-11-18(21)16(3)9-10-17-15(2)7-6-12-20(17,4)5/h8-11,13H,6-7,12H2,1-5H3,(H,22,23)/p-1/b10-9+,11-8+,14-13+,18-16+. The lowest BCUT2D eigenvalue weighted by atomic mass is 9.72. The molecule has 1 aliphatic rings. The maximum Gasteiger partial charge on any atom is 0.0645 e. The number of carbonyl (C=O) groups excluding carboxylic acids is 1. The van der Waals surface area contributed by atoms with E-state index in [2.05, 4.69) is 48.9 Å². The molecule has 0 amide bonds. The Morgan fingerprint density at radius 3 is 2.43 bits per heavy atom. The third-order valence-corrected chi connectivity index (χ3v) is 5.15. The van der Waals surface area contributed by atoms with E-state index in [0.29, 0.717) is 5.57 Å². The summed E-state index contributed by atoms with van der Waals surface area (Å²) in [5, 5.41) is 10.5. The molecule has 23 heavy (non-hydrogen) atoms. The molecule has 0 aliphatic heterocycles. The fourth-order valence-corrected chi connectivity index (χ4v) is 3.13. The van der Waals surface area contributed by atoms with Gasteiger partial charge in [-0.15, -0.1) is 0 Å². The van der Waals surface area contributed by atoms with Crippen LogP contribution in [0.25, 0.3) is 0 Å². The minimum Gasteiger partial charge on any atom is -0.545 e. The average molecular weight is 378 g/mol. The molecule has 2 nitrogen and oxygen atoms in total. The molecule has 0 unspecified atom stereocenters. The highest BCUT2D eigenvalue weighted by atomic mass is 79.9. The van der Waals surface area contributed by atoms with E-state index >= 15 is 0 Å². The second-order valence-corrected chi connectivity index (χ2v) is 7.69. The van der Waals surface area contributed by atoms with Crippen LogP contribution in [-0.2, 0) is 4.79 Å². The first-order valence-corrected chi connectivity index (χ1v) is 8.75. The number of halogens is 1. The van der Waals surface area contributed by atoms with Crippen molar-refractivity contribution < 1.29 is 9.90 Å². The first kappa shape index (κ1) is 19.7. The number of hydrogen-bond acceptors (Lipinski definition) is 2. The van der Waals surface area contributed by atoms with Crippen LogP contribution >= 0.6 is 15.9 Å². The highest BCUT2D eigenvalue weighted by Gasteiger charge is 2.26. The smallest absolute Gasteiger partial charge is 0.0645 e. The Hall–Kier alpha value is -1.35. The van der Waals surface area contributed by atoms with Gasteiger partial charge >= 0.3 is 0 Å². The van der Waals surface area contributed by atoms with Crippen LogP contribution in [0.3, 0.4) is 0 Å². The second-order valence-electron chi connectivity index (χ2n) is 6.84. The Labute approximate surface area is 148 Å². The molecule has 126 valence electrons. The van der Waals surface area contributed by atoms with E-state index < -0.39 is 5.97 Å². The van der Waals surface area contributed by atoms with Gasteiger partial charge in [-0.3, -0.25) is 0 Å². The van der Waals surface area contributed by atoms with Gasteiger partial charge in [-0.25, -0.2) is 0 Å². The van der Waals surface area contributed by atoms with Gasteiger partial charge in [0.2, 0.25) is 0 Å². The number of aliphatic carboxylic acids is 1. The normalized spacial score (nSPS) is 20.3. The Morgan fingerprint density at radius 2 is 1.87 bits per heavy atom. The molecule has 1 aliphatic carbocycles. The van der Waals surface area contributed by atoms with Crippen molar-refractivity contribution in [2.45, 2.75) is 53.9 Å². The molecule has 0 fully saturated rings. The molecule has 0 saturated heterocycles. The lowest BCUT2D eigenvalue weighted by Gasteiger charge is -2.33. The summed E-state index contributed by atoms with van der Waals surface area (Å²) in [5.41, 5.74) is 4.88. The third kappa shape index (κ3) is 6.34. The van der Waals surface area contributed by atoms with E-state index in [1.165, 1.54) is 30.4 Å². The van der Waals surface area contributed by atoms with Gasteiger partial charge in [-0.1, -0.05) is 53.6 Å². The highest BCUT2D eigenvalue weighted by Crippen LogP contribution is 2.40. The van der Waals surface area contributed by atoms with Crippen molar-refractivity contribution in [3.05, 3.63) is 57.2 Å². The van der Waals surface area contributed by atoms with Gasteiger partial charge < -0.3 is 9.90 Å². The van der Waals surface area contributed by atoms with Crippen LogP contribution in [0.2, 0.25) is 0 Å². The summed E-state index contributed by atoms with van der Waals surface area (Å²) in [5.74, 6) is -1.18. The molecule has 0 atom stereocenters. The van der Waals surface area contributed by atoms with Crippen LogP contribution in [-0.4, -0.2) is 5.97 Å². The molecule has 0 N–H and O–H groups in total. The van der Waals surface area contributed by atoms with Crippen molar-refractivity contribution >= 4 is 21.9 Å². The minimum atomic E-state index is -1.18. The summed E-state index contributed by atoms with van der Waals surface area (Å²) in [7, 11) is 0. The summed E-state index contributed by atoms with van der Waals surface area (Å²) in [6.45, 7) is 10.6. The van der Waals surface area contributed by atoms with Gasteiger partial charge in [0, 0.05) is 4.48 Å². The molecular weight excluding hydrogens is 352 g/mol. The summed E-state index contributed by atoms with van der Waals surface area (Å²) in [4.78, 5) is 10.5. The zero-order chi connectivity index (χ0) is 17.6. The predicted molar refractivity (Wildman–Crippen MR) is 99.0 cm³/mol. The van der Waals surface area contributed by atoms with E-state index in [9.17, 15) is 9.90 Å². The summed E-state index contributed by atoms with van der Waals surface area (Å²) in [6.07, 6.45) is 12.7. The minimum absolute atomic E-state index is 0.231. The number of rotatable bonds is 5. The second kappa shape index (κ2) is 8.49. The Bertz CT molecular complexity index is 614. The molecule has 0 aromatic rings.